The molecule has 1 aliphatic heterocycles. The van der Waals surface area contributed by atoms with Crippen molar-refractivity contribution in [2.75, 3.05) is 6.54 Å². The number of hydrogen-bond donors (Lipinski definition) is 1. The number of nitrogens with zero attached hydrogens (tertiary/aromatic N) is 5. The van der Waals surface area contributed by atoms with Gasteiger partial charge in [0.15, 0.2) is 0 Å². The fraction of sp³-hybridized carbons (Fsp3) is 0.389. The van der Waals surface area contributed by atoms with E-state index in [1.807, 2.05) is 19.4 Å². The van der Waals surface area contributed by atoms with Gasteiger partial charge in [-0.2, -0.15) is 5.10 Å². The quantitative estimate of drug-likeness (QED) is 0.780. The molecule has 6 nitrogen and oxygen atoms in total. The van der Waals surface area contributed by atoms with Gasteiger partial charge in [-0.05, 0) is 24.1 Å². The molecule has 4 heterocycles. The predicted molar refractivity (Wildman–Crippen MR) is 96.4 cm³/mol. The van der Waals surface area contributed by atoms with Crippen LogP contribution in [0.4, 0.5) is 0 Å². The first-order valence-electron chi connectivity index (χ1n) is 8.55. The van der Waals surface area contributed by atoms with E-state index in [2.05, 4.69) is 44.0 Å². The number of hydrogen-bond acceptors (Lipinski definition) is 4. The predicted octanol–water partition coefficient (Wildman–Crippen LogP) is 2.90. The van der Waals surface area contributed by atoms with Crippen LogP contribution in [-0.4, -0.2) is 36.2 Å². The van der Waals surface area contributed by atoms with Crippen molar-refractivity contribution in [3.05, 3.63) is 64.2 Å². The maximum atomic E-state index is 6.53. The highest BCUT2D eigenvalue weighted by molar-refractivity contribution is 6.30. The van der Waals surface area contributed by atoms with Gasteiger partial charge in [-0.1, -0.05) is 18.5 Å². The van der Waals surface area contributed by atoms with Crippen LogP contribution < -0.4 is 0 Å². The molecule has 3 aromatic rings. The molecule has 130 valence electrons. The van der Waals surface area contributed by atoms with E-state index in [-0.39, 0.29) is 6.04 Å². The summed E-state index contributed by atoms with van der Waals surface area (Å²) in [6.07, 6.45) is 7.29. The van der Waals surface area contributed by atoms with Crippen LogP contribution in [0.2, 0.25) is 5.15 Å². The Morgan fingerprint density at radius 3 is 2.88 bits per heavy atom. The van der Waals surface area contributed by atoms with Crippen LogP contribution in [0.25, 0.3) is 0 Å². The molecule has 0 saturated carbocycles. The normalized spacial score (nSPS) is 17.6. The summed E-state index contributed by atoms with van der Waals surface area (Å²) in [6.45, 7) is 3.82. The van der Waals surface area contributed by atoms with Crippen LogP contribution in [0.3, 0.4) is 0 Å². The van der Waals surface area contributed by atoms with Gasteiger partial charge in [0.25, 0.3) is 0 Å². The maximum absolute atomic E-state index is 6.53. The summed E-state index contributed by atoms with van der Waals surface area (Å²) in [4.78, 5) is 14.5. The van der Waals surface area contributed by atoms with E-state index >= 15 is 0 Å². The second kappa shape index (κ2) is 6.61. The second-order valence-corrected chi connectivity index (χ2v) is 6.72. The van der Waals surface area contributed by atoms with E-state index in [0.29, 0.717) is 0 Å². The Morgan fingerprint density at radius 1 is 1.32 bits per heavy atom. The van der Waals surface area contributed by atoms with Gasteiger partial charge in [0.1, 0.15) is 5.15 Å². The average Bonchev–Trinajstić information content (AvgIpc) is 3.22. The van der Waals surface area contributed by atoms with Crippen LogP contribution >= 0.6 is 11.6 Å². The Kier molecular flexibility index (Phi) is 4.31. The molecule has 0 bridgehead atoms. The van der Waals surface area contributed by atoms with E-state index < -0.39 is 0 Å². The minimum Gasteiger partial charge on any atom is -0.348 e. The van der Waals surface area contributed by atoms with E-state index in [9.17, 15) is 0 Å². The third-order valence-electron chi connectivity index (χ3n) is 4.89. The van der Waals surface area contributed by atoms with Gasteiger partial charge in [-0.15, -0.1) is 0 Å². The molecule has 4 rings (SSSR count). The molecule has 0 aliphatic carbocycles. The van der Waals surface area contributed by atoms with Crippen molar-refractivity contribution in [3.8, 4) is 0 Å². The lowest BCUT2D eigenvalue weighted by Gasteiger charge is -2.35. The Balaban J connectivity index is 1.74. The number of halogens is 1. The highest BCUT2D eigenvalue weighted by Gasteiger charge is 2.32. The van der Waals surface area contributed by atoms with Gasteiger partial charge in [0, 0.05) is 50.2 Å². The summed E-state index contributed by atoms with van der Waals surface area (Å²) in [6, 6.07) is 4.22. The number of nitrogens with one attached hydrogen (secondary N) is 1. The summed E-state index contributed by atoms with van der Waals surface area (Å²) in [7, 11) is 1.90. The molecular formula is C18H21ClN6. The highest BCUT2D eigenvalue weighted by atomic mass is 35.5. The molecule has 0 fully saturated rings. The third-order valence-corrected chi connectivity index (χ3v) is 5.37. The van der Waals surface area contributed by atoms with Crippen LogP contribution in [0.5, 0.6) is 0 Å². The number of rotatable bonds is 4. The Morgan fingerprint density at radius 2 is 2.12 bits per heavy atom. The molecule has 0 amide bonds. The topological polar surface area (TPSA) is 62.6 Å². The molecule has 0 radical (unpaired) electrons. The van der Waals surface area contributed by atoms with Crippen LogP contribution in [0.15, 0.2) is 30.9 Å². The number of aryl methyl sites for hydroxylation is 2. The van der Waals surface area contributed by atoms with Crippen molar-refractivity contribution in [3.63, 3.8) is 0 Å². The number of H-pyrrole nitrogens is 1. The number of pyridine rings is 1. The smallest absolute Gasteiger partial charge is 0.131 e. The van der Waals surface area contributed by atoms with Crippen LogP contribution in [-0.2, 0) is 26.4 Å². The molecule has 7 heteroatoms. The zero-order chi connectivity index (χ0) is 17.4. The first kappa shape index (κ1) is 16.3. The molecule has 3 aromatic heterocycles. The van der Waals surface area contributed by atoms with Gasteiger partial charge < -0.3 is 4.98 Å². The fourth-order valence-corrected chi connectivity index (χ4v) is 3.86. The first-order valence-corrected chi connectivity index (χ1v) is 8.93. The molecule has 1 N–H and O–H groups in total. The molecular weight excluding hydrogens is 336 g/mol. The van der Waals surface area contributed by atoms with Crippen molar-refractivity contribution in [2.24, 2.45) is 7.05 Å². The molecule has 0 aromatic carbocycles. The van der Waals surface area contributed by atoms with E-state index in [1.165, 1.54) is 11.3 Å². The maximum Gasteiger partial charge on any atom is 0.131 e. The number of aromatic amines is 1. The molecule has 1 atom stereocenters. The summed E-state index contributed by atoms with van der Waals surface area (Å²) < 4.78 is 1.76. The molecule has 0 spiro atoms. The standard InChI is InChI=1S/C18H21ClN6/c1-3-14-13(18(19)24(2)23-14)10-25-9-6-15-16(22-11-21-15)17(25)12-4-7-20-8-5-12/h4-5,7-8,11,17H,3,6,9-10H2,1-2H3,(H,21,22)/t17-/m1/s1. The minimum atomic E-state index is 0.0963. The summed E-state index contributed by atoms with van der Waals surface area (Å²) in [5.74, 6) is 0. The van der Waals surface area contributed by atoms with Crippen LogP contribution in [0, 0.1) is 0 Å². The fourth-order valence-electron chi connectivity index (χ4n) is 3.65. The minimum absolute atomic E-state index is 0.0963. The second-order valence-electron chi connectivity index (χ2n) is 6.36. The van der Waals surface area contributed by atoms with E-state index in [1.54, 1.807) is 11.0 Å². The number of imidazole rings is 1. The Hall–Kier alpha value is -2.18. The monoisotopic (exact) mass is 356 g/mol. The van der Waals surface area contributed by atoms with Gasteiger partial charge in [0.05, 0.1) is 23.8 Å². The van der Waals surface area contributed by atoms with Crippen molar-refractivity contribution < 1.29 is 0 Å². The van der Waals surface area contributed by atoms with Crippen LogP contribution in [0.1, 0.15) is 41.2 Å². The van der Waals surface area contributed by atoms with Crippen molar-refractivity contribution in [1.82, 2.24) is 29.6 Å². The molecule has 1 aliphatic rings. The molecule has 0 saturated heterocycles. The van der Waals surface area contributed by atoms with Gasteiger partial charge >= 0.3 is 0 Å². The lowest BCUT2D eigenvalue weighted by Crippen LogP contribution is -2.36. The van der Waals surface area contributed by atoms with Crippen molar-refractivity contribution >= 4 is 11.6 Å². The van der Waals surface area contributed by atoms with E-state index in [0.717, 1.165) is 48.0 Å². The lowest BCUT2D eigenvalue weighted by atomic mass is 9.95. The summed E-state index contributed by atoms with van der Waals surface area (Å²) in [5.41, 5.74) is 5.68. The first-order chi connectivity index (χ1) is 12.2. The summed E-state index contributed by atoms with van der Waals surface area (Å²) in [5, 5.41) is 5.27. The van der Waals surface area contributed by atoms with Gasteiger partial charge in [0.2, 0.25) is 0 Å². The lowest BCUT2D eigenvalue weighted by molar-refractivity contribution is 0.199. The third kappa shape index (κ3) is 2.85. The molecule has 0 unspecified atom stereocenters. The molecule has 25 heavy (non-hydrogen) atoms. The van der Waals surface area contributed by atoms with Gasteiger partial charge in [-0.25, -0.2) is 4.98 Å². The zero-order valence-corrected chi connectivity index (χ0v) is 15.2. The Labute approximate surface area is 151 Å². The number of aromatic nitrogens is 5. The zero-order valence-electron chi connectivity index (χ0n) is 14.4. The van der Waals surface area contributed by atoms with Gasteiger partial charge in [-0.3, -0.25) is 14.6 Å². The van der Waals surface area contributed by atoms with Crippen molar-refractivity contribution in [2.45, 2.75) is 32.4 Å². The average molecular weight is 357 g/mol. The highest BCUT2D eigenvalue weighted by Crippen LogP contribution is 2.35. The number of fused-ring (bicyclic) bond motifs is 1. The summed E-state index contributed by atoms with van der Waals surface area (Å²) >= 11 is 6.53. The van der Waals surface area contributed by atoms with E-state index in [4.69, 9.17) is 11.6 Å². The largest absolute Gasteiger partial charge is 0.348 e. The SMILES string of the molecule is CCc1nn(C)c(Cl)c1CN1CCc2[nH]cnc2[C@H]1c1ccncc1. The van der Waals surface area contributed by atoms with Crippen molar-refractivity contribution in [1.29, 1.82) is 0 Å². The Bertz CT molecular complexity index is 869.